The van der Waals surface area contributed by atoms with E-state index in [0.29, 0.717) is 12.0 Å². The zero-order valence-corrected chi connectivity index (χ0v) is 16.6. The Balaban J connectivity index is 1.42. The lowest BCUT2D eigenvalue weighted by Gasteiger charge is -2.30. The number of anilines is 4. The fourth-order valence-corrected chi connectivity index (χ4v) is 4.17. The minimum absolute atomic E-state index is 0.543. The molecule has 2 N–H and O–H groups in total. The Hall–Kier alpha value is -2.58. The standard InChI is InChI=1S/C20H23N5O2S/c1-26-17-12-14(4-5-16(17)25-7-9-27-10-8-25)22-20-23-15-6-11-28-18(15)19(24-20)21-13-2-3-13/h4-6,11-13H,2-3,7-10H2,1H3,(H2,21,22,23,24). The molecular formula is C20H23N5O2S. The number of benzene rings is 1. The summed E-state index contributed by atoms with van der Waals surface area (Å²) in [7, 11) is 1.70. The Morgan fingerprint density at radius 2 is 2.04 bits per heavy atom. The predicted octanol–water partition coefficient (Wildman–Crippen LogP) is 3.85. The van der Waals surface area contributed by atoms with Gasteiger partial charge in [0.25, 0.3) is 0 Å². The maximum absolute atomic E-state index is 5.65. The van der Waals surface area contributed by atoms with Crippen LogP contribution in [0.25, 0.3) is 10.2 Å². The Kier molecular flexibility index (Phi) is 4.66. The first kappa shape index (κ1) is 17.5. The van der Waals surface area contributed by atoms with Crippen molar-refractivity contribution < 1.29 is 9.47 Å². The molecule has 2 aromatic heterocycles. The molecule has 1 aromatic carbocycles. The number of nitrogens with one attached hydrogen (secondary N) is 2. The highest BCUT2D eigenvalue weighted by Crippen LogP contribution is 2.35. The molecular weight excluding hydrogens is 374 g/mol. The summed E-state index contributed by atoms with van der Waals surface area (Å²) in [5, 5.41) is 8.92. The third kappa shape index (κ3) is 3.57. The molecule has 146 valence electrons. The first-order chi connectivity index (χ1) is 13.8. The zero-order chi connectivity index (χ0) is 18.9. The number of fused-ring (bicyclic) bond motifs is 1. The number of hydrogen-bond acceptors (Lipinski definition) is 8. The second kappa shape index (κ2) is 7.44. The summed E-state index contributed by atoms with van der Waals surface area (Å²) < 4.78 is 12.2. The fourth-order valence-electron chi connectivity index (χ4n) is 3.39. The summed E-state index contributed by atoms with van der Waals surface area (Å²) in [5.74, 6) is 2.34. The van der Waals surface area contributed by atoms with Gasteiger partial charge in [0.05, 0.1) is 36.2 Å². The van der Waals surface area contributed by atoms with Crippen LogP contribution in [0.1, 0.15) is 12.8 Å². The van der Waals surface area contributed by atoms with Crippen LogP contribution in [0, 0.1) is 0 Å². The number of ether oxygens (including phenoxy) is 2. The van der Waals surface area contributed by atoms with Gasteiger partial charge in [-0.15, -0.1) is 11.3 Å². The quantitative estimate of drug-likeness (QED) is 0.654. The van der Waals surface area contributed by atoms with E-state index in [-0.39, 0.29) is 0 Å². The number of morpholine rings is 1. The number of methoxy groups -OCH3 is 1. The van der Waals surface area contributed by atoms with E-state index in [1.807, 2.05) is 18.2 Å². The third-order valence-corrected chi connectivity index (χ3v) is 5.92. The summed E-state index contributed by atoms with van der Waals surface area (Å²) >= 11 is 1.67. The number of nitrogens with zero attached hydrogens (tertiary/aromatic N) is 3. The zero-order valence-electron chi connectivity index (χ0n) is 15.8. The summed E-state index contributed by atoms with van der Waals surface area (Å²) in [5.41, 5.74) is 2.95. The minimum Gasteiger partial charge on any atom is -0.495 e. The molecule has 0 bridgehead atoms. The summed E-state index contributed by atoms with van der Waals surface area (Å²) in [6.45, 7) is 3.23. The monoisotopic (exact) mass is 397 g/mol. The highest BCUT2D eigenvalue weighted by molar-refractivity contribution is 7.17. The average molecular weight is 398 g/mol. The van der Waals surface area contributed by atoms with E-state index in [2.05, 4.69) is 32.0 Å². The van der Waals surface area contributed by atoms with Gasteiger partial charge in [0.15, 0.2) is 0 Å². The molecule has 3 heterocycles. The van der Waals surface area contributed by atoms with E-state index >= 15 is 0 Å². The van der Waals surface area contributed by atoms with Crippen molar-refractivity contribution in [3.8, 4) is 5.75 Å². The van der Waals surface area contributed by atoms with Crippen LogP contribution in [0.2, 0.25) is 0 Å². The Morgan fingerprint density at radius 1 is 1.18 bits per heavy atom. The number of hydrogen-bond donors (Lipinski definition) is 2. The van der Waals surface area contributed by atoms with Gasteiger partial charge in [-0.25, -0.2) is 4.98 Å². The van der Waals surface area contributed by atoms with Crippen LogP contribution in [0.15, 0.2) is 29.6 Å². The third-order valence-electron chi connectivity index (χ3n) is 5.01. The minimum atomic E-state index is 0.543. The van der Waals surface area contributed by atoms with Gasteiger partial charge in [-0.05, 0) is 36.4 Å². The number of thiophene rings is 1. The lowest BCUT2D eigenvalue weighted by molar-refractivity contribution is 0.122. The molecule has 1 aliphatic carbocycles. The van der Waals surface area contributed by atoms with Crippen molar-refractivity contribution in [2.75, 3.05) is 48.9 Å². The molecule has 0 unspecified atom stereocenters. The summed E-state index contributed by atoms with van der Waals surface area (Å²) in [6.07, 6.45) is 2.42. The van der Waals surface area contributed by atoms with Gasteiger partial charge in [-0.2, -0.15) is 4.98 Å². The van der Waals surface area contributed by atoms with Crippen molar-refractivity contribution in [1.82, 2.24) is 9.97 Å². The predicted molar refractivity (Wildman–Crippen MR) is 113 cm³/mol. The van der Waals surface area contributed by atoms with Crippen molar-refractivity contribution in [3.63, 3.8) is 0 Å². The van der Waals surface area contributed by atoms with Gasteiger partial charge in [0, 0.05) is 30.9 Å². The van der Waals surface area contributed by atoms with Crippen molar-refractivity contribution in [1.29, 1.82) is 0 Å². The van der Waals surface area contributed by atoms with E-state index in [9.17, 15) is 0 Å². The van der Waals surface area contributed by atoms with Crippen LogP contribution in [-0.4, -0.2) is 49.4 Å². The molecule has 8 heteroatoms. The van der Waals surface area contributed by atoms with Crippen LogP contribution in [0.4, 0.5) is 23.1 Å². The first-order valence-electron chi connectivity index (χ1n) is 9.60. The molecule has 5 rings (SSSR count). The van der Waals surface area contributed by atoms with Crippen LogP contribution in [0.5, 0.6) is 5.75 Å². The van der Waals surface area contributed by atoms with Crippen molar-refractivity contribution >= 4 is 44.7 Å². The topological polar surface area (TPSA) is 71.5 Å². The van der Waals surface area contributed by atoms with E-state index in [4.69, 9.17) is 14.5 Å². The maximum atomic E-state index is 5.65. The smallest absolute Gasteiger partial charge is 0.229 e. The van der Waals surface area contributed by atoms with Gasteiger partial charge < -0.3 is 25.0 Å². The first-order valence-corrected chi connectivity index (χ1v) is 10.5. The Bertz CT molecular complexity index is 982. The molecule has 0 spiro atoms. The second-order valence-electron chi connectivity index (χ2n) is 7.06. The van der Waals surface area contributed by atoms with Gasteiger partial charge in [-0.3, -0.25) is 0 Å². The van der Waals surface area contributed by atoms with Crippen LogP contribution >= 0.6 is 11.3 Å². The van der Waals surface area contributed by atoms with Gasteiger partial charge in [-0.1, -0.05) is 0 Å². The highest BCUT2D eigenvalue weighted by atomic mass is 32.1. The van der Waals surface area contributed by atoms with Crippen molar-refractivity contribution in [2.45, 2.75) is 18.9 Å². The largest absolute Gasteiger partial charge is 0.495 e. The molecule has 1 aliphatic heterocycles. The molecule has 1 saturated carbocycles. The average Bonchev–Trinajstić information content (AvgIpc) is 3.42. The van der Waals surface area contributed by atoms with Crippen molar-refractivity contribution in [3.05, 3.63) is 29.6 Å². The summed E-state index contributed by atoms with van der Waals surface area (Å²) in [6, 6.07) is 8.70. The lowest BCUT2D eigenvalue weighted by Crippen LogP contribution is -2.36. The number of rotatable bonds is 6. The highest BCUT2D eigenvalue weighted by Gasteiger charge is 2.23. The summed E-state index contributed by atoms with van der Waals surface area (Å²) in [4.78, 5) is 11.7. The Labute approximate surface area is 167 Å². The van der Waals surface area contributed by atoms with Crippen LogP contribution in [-0.2, 0) is 4.74 Å². The molecule has 28 heavy (non-hydrogen) atoms. The molecule has 2 fully saturated rings. The maximum Gasteiger partial charge on any atom is 0.229 e. The molecule has 1 saturated heterocycles. The molecule has 0 amide bonds. The van der Waals surface area contributed by atoms with Crippen molar-refractivity contribution in [2.24, 2.45) is 0 Å². The van der Waals surface area contributed by atoms with E-state index in [1.54, 1.807) is 18.4 Å². The lowest BCUT2D eigenvalue weighted by atomic mass is 10.2. The van der Waals surface area contributed by atoms with Crippen LogP contribution < -0.4 is 20.3 Å². The molecule has 2 aliphatic rings. The number of aromatic nitrogens is 2. The van der Waals surface area contributed by atoms with Gasteiger partial charge in [0.1, 0.15) is 11.6 Å². The Morgan fingerprint density at radius 3 is 2.82 bits per heavy atom. The normalized spacial score (nSPS) is 17.0. The molecule has 0 radical (unpaired) electrons. The fraction of sp³-hybridized carbons (Fsp3) is 0.400. The van der Waals surface area contributed by atoms with Crippen LogP contribution in [0.3, 0.4) is 0 Å². The SMILES string of the molecule is COc1cc(Nc2nc(NC3CC3)c3sccc3n2)ccc1N1CCOCC1. The second-order valence-corrected chi connectivity index (χ2v) is 7.98. The van der Waals surface area contributed by atoms with Gasteiger partial charge in [0.2, 0.25) is 5.95 Å². The van der Waals surface area contributed by atoms with E-state index < -0.39 is 0 Å². The molecule has 3 aromatic rings. The van der Waals surface area contributed by atoms with E-state index in [0.717, 1.165) is 59.5 Å². The van der Waals surface area contributed by atoms with Gasteiger partial charge >= 0.3 is 0 Å². The molecule has 7 nitrogen and oxygen atoms in total. The van der Waals surface area contributed by atoms with E-state index in [1.165, 1.54) is 12.8 Å². The molecule has 0 atom stereocenters.